The first kappa shape index (κ1) is 14.3. The van der Waals surface area contributed by atoms with E-state index in [-0.39, 0.29) is 0 Å². The van der Waals surface area contributed by atoms with Crippen LogP contribution >= 0.6 is 0 Å². The van der Waals surface area contributed by atoms with E-state index in [0.29, 0.717) is 0 Å². The van der Waals surface area contributed by atoms with Crippen molar-refractivity contribution >= 4 is 0 Å². The molecule has 2 fully saturated rings. The summed E-state index contributed by atoms with van der Waals surface area (Å²) >= 11 is 0. The van der Waals surface area contributed by atoms with Gasteiger partial charge >= 0.3 is 0 Å². The molecule has 2 atom stereocenters. The minimum atomic E-state index is 0.751. The van der Waals surface area contributed by atoms with E-state index < -0.39 is 0 Å². The van der Waals surface area contributed by atoms with E-state index in [1.165, 1.54) is 45.4 Å². The van der Waals surface area contributed by atoms with Crippen molar-refractivity contribution in [2.24, 2.45) is 5.92 Å². The predicted molar refractivity (Wildman–Crippen MR) is 75.9 cm³/mol. The van der Waals surface area contributed by atoms with Crippen LogP contribution in [0, 0.1) is 5.92 Å². The third-order valence-electron chi connectivity index (χ3n) is 4.54. The minimum absolute atomic E-state index is 0.751. The van der Waals surface area contributed by atoms with Gasteiger partial charge in [0.1, 0.15) is 0 Å². The smallest absolute Gasteiger partial charge is 0.0478 e. The van der Waals surface area contributed by atoms with E-state index in [9.17, 15) is 0 Å². The van der Waals surface area contributed by atoms with Gasteiger partial charge < -0.3 is 4.74 Å². The number of fused-ring (bicyclic) bond motifs is 1. The number of hydrogen-bond donors (Lipinski definition) is 0. The zero-order valence-electron chi connectivity index (χ0n) is 12.4. The molecule has 3 nitrogen and oxygen atoms in total. The fraction of sp³-hybridized carbons (Fsp3) is 1.00. The van der Waals surface area contributed by atoms with Crippen molar-refractivity contribution in [1.82, 2.24) is 9.80 Å². The first-order valence-electron chi connectivity index (χ1n) is 7.78. The van der Waals surface area contributed by atoms with E-state index in [2.05, 4.69) is 30.6 Å². The van der Waals surface area contributed by atoms with E-state index >= 15 is 0 Å². The lowest BCUT2D eigenvalue weighted by molar-refractivity contribution is 0.0224. The van der Waals surface area contributed by atoms with Gasteiger partial charge in [-0.05, 0) is 38.6 Å². The Morgan fingerprint density at radius 2 is 2.11 bits per heavy atom. The molecule has 2 rings (SSSR count). The molecule has 2 saturated heterocycles. The Balaban J connectivity index is 1.84. The van der Waals surface area contributed by atoms with Gasteiger partial charge in [-0.2, -0.15) is 0 Å². The summed E-state index contributed by atoms with van der Waals surface area (Å²) in [6.45, 7) is 13.7. The van der Waals surface area contributed by atoms with Gasteiger partial charge in [0.15, 0.2) is 0 Å². The zero-order chi connectivity index (χ0) is 13.0. The molecule has 2 unspecified atom stereocenters. The first-order valence-corrected chi connectivity index (χ1v) is 7.78. The van der Waals surface area contributed by atoms with Crippen molar-refractivity contribution in [2.45, 2.75) is 52.1 Å². The van der Waals surface area contributed by atoms with Crippen molar-refractivity contribution in [3.8, 4) is 0 Å². The Bertz CT molecular complexity index is 245. The van der Waals surface area contributed by atoms with Crippen LogP contribution < -0.4 is 0 Å². The number of ether oxygens (including phenoxy) is 1. The second-order valence-corrected chi connectivity index (χ2v) is 6.15. The molecular weight excluding hydrogens is 224 g/mol. The summed E-state index contributed by atoms with van der Waals surface area (Å²) in [7, 11) is 0. The second kappa shape index (κ2) is 6.88. The van der Waals surface area contributed by atoms with Gasteiger partial charge in [0.05, 0.1) is 0 Å². The molecule has 18 heavy (non-hydrogen) atoms. The molecule has 0 aliphatic carbocycles. The van der Waals surface area contributed by atoms with Gasteiger partial charge in [-0.15, -0.1) is 0 Å². The van der Waals surface area contributed by atoms with Crippen LogP contribution in [0.15, 0.2) is 0 Å². The molecule has 0 aromatic rings. The number of nitrogens with zero attached hydrogens (tertiary/aromatic N) is 2. The lowest BCUT2D eigenvalue weighted by atomic mass is 9.97. The summed E-state index contributed by atoms with van der Waals surface area (Å²) in [6.07, 6.45) is 4.00. The molecule has 0 bridgehead atoms. The molecule has 0 radical (unpaired) electrons. The highest BCUT2D eigenvalue weighted by molar-refractivity contribution is 4.93. The lowest BCUT2D eigenvalue weighted by Crippen LogP contribution is -2.57. The average Bonchev–Trinajstić information content (AvgIpc) is 2.80. The number of piperazine rings is 1. The van der Waals surface area contributed by atoms with Crippen LogP contribution in [0.2, 0.25) is 0 Å². The van der Waals surface area contributed by atoms with Gasteiger partial charge in [-0.1, -0.05) is 13.8 Å². The maximum atomic E-state index is 5.47. The van der Waals surface area contributed by atoms with Crippen LogP contribution in [0.5, 0.6) is 0 Å². The summed E-state index contributed by atoms with van der Waals surface area (Å²) in [6, 6.07) is 1.59. The molecule has 2 aliphatic heterocycles. The van der Waals surface area contributed by atoms with Crippen LogP contribution in [-0.2, 0) is 4.74 Å². The van der Waals surface area contributed by atoms with Crippen molar-refractivity contribution in [3.05, 3.63) is 0 Å². The Morgan fingerprint density at radius 1 is 1.28 bits per heavy atom. The van der Waals surface area contributed by atoms with Gasteiger partial charge in [-0.3, -0.25) is 9.80 Å². The highest BCUT2D eigenvalue weighted by Crippen LogP contribution is 2.27. The molecule has 0 N–H and O–H groups in total. The molecule has 106 valence electrons. The Morgan fingerprint density at radius 3 is 2.83 bits per heavy atom. The monoisotopic (exact) mass is 254 g/mol. The Hall–Kier alpha value is -0.120. The van der Waals surface area contributed by atoms with Crippen LogP contribution in [0.1, 0.15) is 40.0 Å². The largest absolute Gasteiger partial charge is 0.382 e. The van der Waals surface area contributed by atoms with E-state index in [1.807, 2.05) is 0 Å². The Labute approximate surface area is 112 Å². The van der Waals surface area contributed by atoms with Crippen molar-refractivity contribution in [1.29, 1.82) is 0 Å². The molecule has 2 aliphatic rings. The molecule has 0 amide bonds. The van der Waals surface area contributed by atoms with E-state index in [0.717, 1.165) is 31.2 Å². The lowest BCUT2D eigenvalue weighted by Gasteiger charge is -2.45. The van der Waals surface area contributed by atoms with Crippen molar-refractivity contribution < 1.29 is 4.74 Å². The number of hydrogen-bond acceptors (Lipinski definition) is 3. The quantitative estimate of drug-likeness (QED) is 0.676. The molecule has 0 aromatic heterocycles. The Kier molecular flexibility index (Phi) is 5.46. The zero-order valence-corrected chi connectivity index (χ0v) is 12.4. The highest BCUT2D eigenvalue weighted by atomic mass is 16.5. The van der Waals surface area contributed by atoms with Crippen LogP contribution in [0.25, 0.3) is 0 Å². The average molecular weight is 254 g/mol. The third kappa shape index (κ3) is 3.46. The maximum Gasteiger partial charge on any atom is 0.0478 e. The van der Waals surface area contributed by atoms with Gasteiger partial charge in [0, 0.05) is 44.9 Å². The molecule has 2 heterocycles. The standard InChI is InChI=1S/C15H30N2O/c1-4-18-10-6-9-17-11-14-7-5-8-16(14)12-15(17)13(2)3/h13-15H,4-12H2,1-3H3. The van der Waals surface area contributed by atoms with E-state index in [4.69, 9.17) is 4.74 Å². The topological polar surface area (TPSA) is 15.7 Å². The van der Waals surface area contributed by atoms with Crippen LogP contribution in [0.3, 0.4) is 0 Å². The second-order valence-electron chi connectivity index (χ2n) is 6.15. The summed E-state index contributed by atoms with van der Waals surface area (Å²) in [4.78, 5) is 5.46. The summed E-state index contributed by atoms with van der Waals surface area (Å²) in [5.41, 5.74) is 0. The summed E-state index contributed by atoms with van der Waals surface area (Å²) < 4.78 is 5.47. The van der Waals surface area contributed by atoms with Gasteiger partial charge in [-0.25, -0.2) is 0 Å². The molecular formula is C15H30N2O. The third-order valence-corrected chi connectivity index (χ3v) is 4.54. The summed E-state index contributed by atoms with van der Waals surface area (Å²) in [5.74, 6) is 0.763. The normalized spacial score (nSPS) is 30.0. The molecule has 0 aromatic carbocycles. The van der Waals surface area contributed by atoms with E-state index in [1.54, 1.807) is 0 Å². The summed E-state index contributed by atoms with van der Waals surface area (Å²) in [5, 5.41) is 0. The van der Waals surface area contributed by atoms with Crippen LogP contribution in [0.4, 0.5) is 0 Å². The molecule has 0 spiro atoms. The van der Waals surface area contributed by atoms with Crippen molar-refractivity contribution in [2.75, 3.05) is 39.4 Å². The first-order chi connectivity index (χ1) is 8.72. The number of rotatable bonds is 6. The predicted octanol–water partition coefficient (Wildman–Crippen LogP) is 2.22. The molecule has 3 heteroatoms. The minimum Gasteiger partial charge on any atom is -0.382 e. The molecule has 0 saturated carbocycles. The highest BCUT2D eigenvalue weighted by Gasteiger charge is 2.36. The van der Waals surface area contributed by atoms with Crippen LogP contribution in [-0.4, -0.2) is 61.3 Å². The fourth-order valence-electron chi connectivity index (χ4n) is 3.51. The van der Waals surface area contributed by atoms with Gasteiger partial charge in [0.2, 0.25) is 0 Å². The fourth-order valence-corrected chi connectivity index (χ4v) is 3.51. The maximum absolute atomic E-state index is 5.47. The van der Waals surface area contributed by atoms with Gasteiger partial charge in [0.25, 0.3) is 0 Å². The SMILES string of the molecule is CCOCCCN1CC2CCCN2CC1C(C)C. The van der Waals surface area contributed by atoms with Crippen molar-refractivity contribution in [3.63, 3.8) is 0 Å².